The van der Waals surface area contributed by atoms with Crippen LogP contribution < -0.4 is 15.4 Å². The summed E-state index contributed by atoms with van der Waals surface area (Å²) in [4.78, 5) is 5.71. The van der Waals surface area contributed by atoms with Gasteiger partial charge in [0, 0.05) is 23.5 Å². The van der Waals surface area contributed by atoms with Crippen LogP contribution in [-0.2, 0) is 12.8 Å². The summed E-state index contributed by atoms with van der Waals surface area (Å²) >= 11 is 1.78. The zero-order valence-electron chi connectivity index (χ0n) is 15.2. The number of guanidine groups is 1. The van der Waals surface area contributed by atoms with Crippen molar-refractivity contribution < 1.29 is 4.74 Å². The summed E-state index contributed by atoms with van der Waals surface area (Å²) in [5.74, 6) is 1.79. The molecule has 0 unspecified atom stereocenters. The standard InChI is InChI=1S/C22H23N3OS/c1-2-21(27-15-1)11-14-26-20-9-5-18(6-10-20)16-17-3-7-19(8-4-17)25-22-23-12-13-24-22/h1-10,15H,11-14,16H2,(H2,23,24,25). The van der Waals surface area contributed by atoms with Crippen molar-refractivity contribution in [2.45, 2.75) is 12.8 Å². The molecule has 0 fully saturated rings. The average Bonchev–Trinajstić information content (AvgIpc) is 3.39. The summed E-state index contributed by atoms with van der Waals surface area (Å²) < 4.78 is 5.84. The number of anilines is 1. The van der Waals surface area contributed by atoms with Gasteiger partial charge in [0.15, 0.2) is 5.96 Å². The Kier molecular flexibility index (Phi) is 5.70. The average molecular weight is 378 g/mol. The van der Waals surface area contributed by atoms with Crippen LogP contribution in [0.1, 0.15) is 16.0 Å². The maximum Gasteiger partial charge on any atom is 0.195 e. The number of hydrogen-bond acceptors (Lipinski definition) is 5. The van der Waals surface area contributed by atoms with E-state index in [0.717, 1.165) is 43.3 Å². The number of rotatable bonds is 7. The van der Waals surface area contributed by atoms with E-state index in [1.54, 1.807) is 11.3 Å². The van der Waals surface area contributed by atoms with Crippen LogP contribution in [0.15, 0.2) is 71.0 Å². The molecule has 0 amide bonds. The monoisotopic (exact) mass is 377 g/mol. The fraction of sp³-hybridized carbons (Fsp3) is 0.227. The van der Waals surface area contributed by atoms with Gasteiger partial charge in [0.25, 0.3) is 0 Å². The fourth-order valence-corrected chi connectivity index (χ4v) is 3.68. The molecule has 2 heterocycles. The van der Waals surface area contributed by atoms with E-state index >= 15 is 0 Å². The van der Waals surface area contributed by atoms with Gasteiger partial charge in [-0.15, -0.1) is 11.3 Å². The van der Waals surface area contributed by atoms with E-state index < -0.39 is 0 Å². The first-order chi connectivity index (χ1) is 13.3. The second kappa shape index (κ2) is 8.73. The summed E-state index contributed by atoms with van der Waals surface area (Å²) in [6, 6.07) is 21.1. The zero-order chi connectivity index (χ0) is 18.3. The summed E-state index contributed by atoms with van der Waals surface area (Å²) in [5, 5.41) is 8.61. The van der Waals surface area contributed by atoms with E-state index in [4.69, 9.17) is 4.74 Å². The molecule has 0 saturated heterocycles. The Morgan fingerprint density at radius 1 is 1.00 bits per heavy atom. The lowest BCUT2D eigenvalue weighted by Gasteiger charge is -2.09. The van der Waals surface area contributed by atoms with Crippen LogP contribution in [0.5, 0.6) is 5.75 Å². The maximum absolute atomic E-state index is 5.84. The third-order valence-electron chi connectivity index (χ3n) is 4.42. The Morgan fingerprint density at radius 2 is 1.78 bits per heavy atom. The topological polar surface area (TPSA) is 45.6 Å². The Balaban J connectivity index is 1.27. The van der Waals surface area contributed by atoms with Crippen molar-refractivity contribution in [1.29, 1.82) is 0 Å². The van der Waals surface area contributed by atoms with Gasteiger partial charge in [0.1, 0.15) is 5.75 Å². The smallest absolute Gasteiger partial charge is 0.195 e. The second-order valence-electron chi connectivity index (χ2n) is 6.48. The molecule has 1 aliphatic rings. The van der Waals surface area contributed by atoms with Crippen molar-refractivity contribution in [2.75, 3.05) is 25.0 Å². The number of thiophene rings is 1. The van der Waals surface area contributed by atoms with Gasteiger partial charge in [0.2, 0.25) is 0 Å². The van der Waals surface area contributed by atoms with Crippen LogP contribution in [0.25, 0.3) is 0 Å². The van der Waals surface area contributed by atoms with Gasteiger partial charge < -0.3 is 15.4 Å². The van der Waals surface area contributed by atoms with Crippen molar-refractivity contribution >= 4 is 23.0 Å². The number of nitrogens with one attached hydrogen (secondary N) is 2. The van der Waals surface area contributed by atoms with Gasteiger partial charge in [-0.2, -0.15) is 0 Å². The summed E-state index contributed by atoms with van der Waals surface area (Å²) in [7, 11) is 0. The third kappa shape index (κ3) is 5.11. The first kappa shape index (κ1) is 17.6. The predicted molar refractivity (Wildman–Crippen MR) is 113 cm³/mol. The van der Waals surface area contributed by atoms with Crippen molar-refractivity contribution in [3.63, 3.8) is 0 Å². The molecule has 27 heavy (non-hydrogen) atoms. The molecular weight excluding hydrogens is 354 g/mol. The van der Waals surface area contributed by atoms with Crippen LogP contribution in [0.3, 0.4) is 0 Å². The Bertz CT molecular complexity index is 871. The summed E-state index contributed by atoms with van der Waals surface area (Å²) in [6.45, 7) is 2.47. The van der Waals surface area contributed by atoms with Crippen molar-refractivity contribution in [3.8, 4) is 5.75 Å². The number of aliphatic imine (C=N–C) groups is 1. The molecule has 0 spiro atoms. The minimum absolute atomic E-state index is 0.717. The van der Waals surface area contributed by atoms with Gasteiger partial charge in [-0.25, -0.2) is 0 Å². The highest BCUT2D eigenvalue weighted by Gasteiger charge is 2.05. The predicted octanol–water partition coefficient (Wildman–Crippen LogP) is 4.33. The lowest BCUT2D eigenvalue weighted by atomic mass is 10.0. The molecule has 1 aliphatic heterocycles. The van der Waals surface area contributed by atoms with E-state index in [1.807, 2.05) is 0 Å². The SMILES string of the molecule is c1csc(CCOc2ccc(Cc3ccc(NC4=NCCN4)cc3)cc2)c1. The molecule has 4 rings (SSSR count). The minimum Gasteiger partial charge on any atom is -0.493 e. The maximum atomic E-state index is 5.84. The molecule has 0 aliphatic carbocycles. The van der Waals surface area contributed by atoms with E-state index in [0.29, 0.717) is 6.61 Å². The molecule has 2 N–H and O–H groups in total. The molecule has 0 bridgehead atoms. The van der Waals surface area contributed by atoms with Crippen molar-refractivity contribution in [3.05, 3.63) is 82.0 Å². The molecule has 0 saturated carbocycles. The summed E-state index contributed by atoms with van der Waals surface area (Å²) in [5.41, 5.74) is 3.62. The zero-order valence-corrected chi connectivity index (χ0v) is 16.0. The van der Waals surface area contributed by atoms with Crippen LogP contribution in [0, 0.1) is 0 Å². The van der Waals surface area contributed by atoms with Crippen molar-refractivity contribution in [1.82, 2.24) is 5.32 Å². The van der Waals surface area contributed by atoms with Crippen molar-refractivity contribution in [2.24, 2.45) is 4.99 Å². The first-order valence-corrected chi connectivity index (χ1v) is 10.1. The normalized spacial score (nSPS) is 13.1. The van der Waals surface area contributed by atoms with Gasteiger partial charge in [-0.05, 0) is 53.3 Å². The van der Waals surface area contributed by atoms with Gasteiger partial charge in [-0.3, -0.25) is 4.99 Å². The van der Waals surface area contributed by atoms with Crippen LogP contribution in [-0.4, -0.2) is 25.7 Å². The molecule has 0 radical (unpaired) electrons. The number of benzene rings is 2. The third-order valence-corrected chi connectivity index (χ3v) is 5.36. The van der Waals surface area contributed by atoms with E-state index in [-0.39, 0.29) is 0 Å². The molecule has 5 heteroatoms. The number of ether oxygens (including phenoxy) is 1. The molecular formula is C22H23N3OS. The highest BCUT2D eigenvalue weighted by Crippen LogP contribution is 2.18. The van der Waals surface area contributed by atoms with Crippen LogP contribution >= 0.6 is 11.3 Å². The lowest BCUT2D eigenvalue weighted by molar-refractivity contribution is 0.323. The molecule has 0 atom stereocenters. The van der Waals surface area contributed by atoms with E-state index in [9.17, 15) is 0 Å². The minimum atomic E-state index is 0.717. The largest absolute Gasteiger partial charge is 0.493 e. The van der Waals surface area contributed by atoms with E-state index in [2.05, 4.69) is 81.7 Å². The highest BCUT2D eigenvalue weighted by molar-refractivity contribution is 7.09. The van der Waals surface area contributed by atoms with Gasteiger partial charge in [0.05, 0.1) is 13.2 Å². The molecule has 2 aromatic carbocycles. The van der Waals surface area contributed by atoms with Crippen LogP contribution in [0.4, 0.5) is 5.69 Å². The molecule has 3 aromatic rings. The van der Waals surface area contributed by atoms with Gasteiger partial charge >= 0.3 is 0 Å². The fourth-order valence-electron chi connectivity index (χ4n) is 2.99. The number of nitrogens with zero attached hydrogens (tertiary/aromatic N) is 1. The molecule has 138 valence electrons. The number of hydrogen-bond donors (Lipinski definition) is 2. The second-order valence-corrected chi connectivity index (χ2v) is 7.51. The van der Waals surface area contributed by atoms with Crippen LogP contribution in [0.2, 0.25) is 0 Å². The first-order valence-electron chi connectivity index (χ1n) is 9.23. The Hall–Kier alpha value is -2.79. The quantitative estimate of drug-likeness (QED) is 0.644. The molecule has 4 nitrogen and oxygen atoms in total. The Morgan fingerprint density at radius 3 is 2.44 bits per heavy atom. The summed E-state index contributed by atoms with van der Waals surface area (Å²) in [6.07, 6.45) is 1.87. The Labute approximate surface area is 163 Å². The lowest BCUT2D eigenvalue weighted by Crippen LogP contribution is -2.26. The highest BCUT2D eigenvalue weighted by atomic mass is 32.1. The van der Waals surface area contributed by atoms with Gasteiger partial charge in [-0.1, -0.05) is 30.3 Å². The molecule has 1 aromatic heterocycles. The van der Waals surface area contributed by atoms with E-state index in [1.165, 1.54) is 16.0 Å².